The van der Waals surface area contributed by atoms with Crippen LogP contribution in [0.4, 0.5) is 5.69 Å². The smallest absolute Gasteiger partial charge is 0.244 e. The molecule has 10 heteroatoms. The summed E-state index contributed by atoms with van der Waals surface area (Å²) in [5.74, 6) is 0.142. The summed E-state index contributed by atoms with van der Waals surface area (Å²) in [7, 11) is -5.89. The van der Waals surface area contributed by atoms with E-state index in [2.05, 4.69) is 9.44 Å². The Morgan fingerprint density at radius 3 is 2.62 bits per heavy atom. The minimum absolute atomic E-state index is 0.0386. The van der Waals surface area contributed by atoms with E-state index in [0.717, 1.165) is 6.42 Å². The molecule has 1 aliphatic rings. The molecule has 1 atom stereocenters. The van der Waals surface area contributed by atoms with Crippen molar-refractivity contribution < 1.29 is 26.3 Å². The maximum atomic E-state index is 12.5. The van der Waals surface area contributed by atoms with Gasteiger partial charge in [0.1, 0.15) is 10.6 Å². The lowest BCUT2D eigenvalue weighted by Gasteiger charge is -2.14. The number of sulfonamides is 2. The van der Waals surface area contributed by atoms with Crippen molar-refractivity contribution in [1.29, 1.82) is 0 Å². The molecule has 1 heterocycles. The molecule has 0 spiro atoms. The Labute approximate surface area is 142 Å². The average molecular weight is 378 g/mol. The molecule has 0 unspecified atom stereocenters. The first-order chi connectivity index (χ1) is 11.3. The molecule has 1 fully saturated rings. The summed E-state index contributed by atoms with van der Waals surface area (Å²) >= 11 is 0. The highest BCUT2D eigenvalue weighted by Gasteiger charge is 2.23. The zero-order valence-corrected chi connectivity index (χ0v) is 15.2. The zero-order valence-electron chi connectivity index (χ0n) is 13.6. The number of ether oxygens (including phenoxy) is 2. The summed E-state index contributed by atoms with van der Waals surface area (Å²) in [6.07, 6.45) is 0.817. The first-order valence-electron chi connectivity index (χ1n) is 7.53. The van der Waals surface area contributed by atoms with Crippen molar-refractivity contribution in [2.24, 2.45) is 5.92 Å². The van der Waals surface area contributed by atoms with Gasteiger partial charge in [-0.2, -0.15) is 0 Å². The van der Waals surface area contributed by atoms with Crippen LogP contribution in [0, 0.1) is 5.92 Å². The first kappa shape index (κ1) is 19.0. The van der Waals surface area contributed by atoms with Crippen LogP contribution in [0.3, 0.4) is 0 Å². The Morgan fingerprint density at radius 2 is 2.04 bits per heavy atom. The van der Waals surface area contributed by atoms with Crippen LogP contribution in [-0.4, -0.2) is 49.5 Å². The number of hydrogen-bond acceptors (Lipinski definition) is 6. The minimum Gasteiger partial charge on any atom is -0.495 e. The van der Waals surface area contributed by atoms with Crippen molar-refractivity contribution in [2.45, 2.75) is 18.2 Å². The lowest BCUT2D eigenvalue weighted by atomic mass is 10.1. The molecule has 0 radical (unpaired) electrons. The van der Waals surface area contributed by atoms with E-state index in [1.807, 2.05) is 0 Å². The van der Waals surface area contributed by atoms with Crippen LogP contribution < -0.4 is 14.2 Å². The van der Waals surface area contributed by atoms with Gasteiger partial charge in [0.05, 0.1) is 25.2 Å². The molecule has 136 valence electrons. The maximum Gasteiger partial charge on any atom is 0.244 e. The summed E-state index contributed by atoms with van der Waals surface area (Å²) in [6, 6.07) is 4.06. The predicted molar refractivity (Wildman–Crippen MR) is 90.2 cm³/mol. The summed E-state index contributed by atoms with van der Waals surface area (Å²) in [5.41, 5.74) is 0.247. The van der Waals surface area contributed by atoms with Crippen LogP contribution in [0.15, 0.2) is 23.1 Å². The van der Waals surface area contributed by atoms with Crippen LogP contribution in [0.2, 0.25) is 0 Å². The van der Waals surface area contributed by atoms with Crippen molar-refractivity contribution >= 4 is 25.7 Å². The molecule has 8 nitrogen and oxygen atoms in total. The van der Waals surface area contributed by atoms with Gasteiger partial charge < -0.3 is 9.47 Å². The maximum absolute atomic E-state index is 12.5. The number of nitrogens with one attached hydrogen (secondary N) is 2. The Hall–Kier alpha value is -1.36. The van der Waals surface area contributed by atoms with Crippen molar-refractivity contribution in [3.63, 3.8) is 0 Å². The van der Waals surface area contributed by atoms with Crippen LogP contribution in [-0.2, 0) is 24.8 Å². The highest BCUT2D eigenvalue weighted by Crippen LogP contribution is 2.28. The van der Waals surface area contributed by atoms with Gasteiger partial charge in [0.2, 0.25) is 20.0 Å². The molecular formula is C14H22N2O6S2. The molecule has 2 rings (SSSR count). The Bertz CT molecular complexity index is 770. The van der Waals surface area contributed by atoms with E-state index in [-0.39, 0.29) is 34.5 Å². The standard InChI is InChI=1S/C14H22N2O6S2/c1-3-23(17,18)16-12-4-5-14(13(8-12)21-2)24(19,20)15-9-11-6-7-22-10-11/h4-5,8,11,15-16H,3,6-7,9-10H2,1-2H3/t11-/m1/s1. The highest BCUT2D eigenvalue weighted by atomic mass is 32.2. The molecule has 1 aromatic rings. The fourth-order valence-electron chi connectivity index (χ4n) is 2.25. The molecule has 24 heavy (non-hydrogen) atoms. The van der Waals surface area contributed by atoms with Crippen LogP contribution in [0.5, 0.6) is 5.75 Å². The largest absolute Gasteiger partial charge is 0.495 e. The normalized spacial score (nSPS) is 18.5. The number of rotatable bonds is 8. The Kier molecular flexibility index (Phi) is 6.07. The fraction of sp³-hybridized carbons (Fsp3) is 0.571. The molecular weight excluding hydrogens is 356 g/mol. The summed E-state index contributed by atoms with van der Waals surface area (Å²) in [6.45, 7) is 2.98. The SMILES string of the molecule is CCS(=O)(=O)Nc1ccc(S(=O)(=O)NC[C@H]2CCOC2)c(OC)c1. The molecule has 1 saturated heterocycles. The second-order valence-corrected chi connectivity index (χ2v) is 9.20. The third-order valence-corrected chi connectivity index (χ3v) is 6.46. The minimum atomic E-state index is -3.76. The molecule has 0 bridgehead atoms. The second-order valence-electron chi connectivity index (χ2n) is 5.45. The van der Waals surface area contributed by atoms with Gasteiger partial charge in [0.25, 0.3) is 0 Å². The summed E-state index contributed by atoms with van der Waals surface area (Å²) in [5, 5.41) is 0. The molecule has 0 saturated carbocycles. The lowest BCUT2D eigenvalue weighted by Crippen LogP contribution is -2.30. The van der Waals surface area contributed by atoms with Crippen molar-refractivity contribution in [1.82, 2.24) is 4.72 Å². The number of benzene rings is 1. The summed E-state index contributed by atoms with van der Waals surface area (Å²) < 4.78 is 63.3. The Balaban J connectivity index is 2.19. The van der Waals surface area contributed by atoms with Crippen LogP contribution in [0.1, 0.15) is 13.3 Å². The van der Waals surface area contributed by atoms with Crippen molar-refractivity contribution in [2.75, 3.05) is 37.3 Å². The quantitative estimate of drug-likeness (QED) is 0.691. The molecule has 0 aromatic heterocycles. The highest BCUT2D eigenvalue weighted by molar-refractivity contribution is 7.92. The van der Waals surface area contributed by atoms with Crippen LogP contribution in [0.25, 0.3) is 0 Å². The number of methoxy groups -OCH3 is 1. The van der Waals surface area contributed by atoms with E-state index in [9.17, 15) is 16.8 Å². The Morgan fingerprint density at radius 1 is 1.29 bits per heavy atom. The first-order valence-corrected chi connectivity index (χ1v) is 10.7. The monoisotopic (exact) mass is 378 g/mol. The van der Waals surface area contributed by atoms with Gasteiger partial charge >= 0.3 is 0 Å². The van der Waals surface area contributed by atoms with Gasteiger partial charge in [-0.25, -0.2) is 21.6 Å². The number of anilines is 1. The predicted octanol–water partition coefficient (Wildman–Crippen LogP) is 0.772. The fourth-order valence-corrected chi connectivity index (χ4v) is 4.15. The molecule has 0 aliphatic carbocycles. The van der Waals surface area contributed by atoms with E-state index in [4.69, 9.17) is 9.47 Å². The second kappa shape index (κ2) is 7.68. The van der Waals surface area contributed by atoms with E-state index in [1.165, 1.54) is 32.2 Å². The van der Waals surface area contributed by atoms with E-state index in [1.54, 1.807) is 0 Å². The third kappa shape index (κ3) is 4.82. The van der Waals surface area contributed by atoms with Gasteiger partial charge in [-0.15, -0.1) is 0 Å². The van der Waals surface area contributed by atoms with E-state index < -0.39 is 20.0 Å². The molecule has 2 N–H and O–H groups in total. The van der Waals surface area contributed by atoms with E-state index >= 15 is 0 Å². The van der Waals surface area contributed by atoms with Gasteiger partial charge in [0, 0.05) is 19.2 Å². The molecule has 0 amide bonds. The molecule has 1 aromatic carbocycles. The van der Waals surface area contributed by atoms with Crippen molar-refractivity contribution in [3.05, 3.63) is 18.2 Å². The van der Waals surface area contributed by atoms with Crippen LogP contribution >= 0.6 is 0 Å². The van der Waals surface area contributed by atoms with Gasteiger partial charge in [-0.05, 0) is 31.4 Å². The molecule has 1 aliphatic heterocycles. The summed E-state index contributed by atoms with van der Waals surface area (Å²) in [4.78, 5) is -0.0386. The zero-order chi connectivity index (χ0) is 17.8. The van der Waals surface area contributed by atoms with E-state index in [0.29, 0.717) is 13.2 Å². The number of hydrogen-bond donors (Lipinski definition) is 2. The lowest BCUT2D eigenvalue weighted by molar-refractivity contribution is 0.186. The van der Waals surface area contributed by atoms with Gasteiger partial charge in [0.15, 0.2) is 0 Å². The topological polar surface area (TPSA) is 111 Å². The van der Waals surface area contributed by atoms with Crippen molar-refractivity contribution in [3.8, 4) is 5.75 Å². The van der Waals surface area contributed by atoms with Gasteiger partial charge in [-0.3, -0.25) is 4.72 Å². The third-order valence-electron chi connectivity index (χ3n) is 3.69. The average Bonchev–Trinajstić information content (AvgIpc) is 3.06. The van der Waals surface area contributed by atoms with Gasteiger partial charge in [-0.1, -0.05) is 0 Å².